The van der Waals surface area contributed by atoms with Gasteiger partial charge in [-0.2, -0.15) is 0 Å². The van der Waals surface area contributed by atoms with Crippen molar-refractivity contribution in [3.05, 3.63) is 71.8 Å². The van der Waals surface area contributed by atoms with Gasteiger partial charge in [-0.25, -0.2) is 9.59 Å². The predicted molar refractivity (Wildman–Crippen MR) is 171 cm³/mol. The third-order valence-corrected chi connectivity index (χ3v) is 6.50. The Kier molecular flexibility index (Phi) is 26.5. The first kappa shape index (κ1) is 39.2. The molecule has 0 heterocycles. The van der Waals surface area contributed by atoms with E-state index in [-0.39, 0.29) is 0 Å². The monoisotopic (exact) mass is 588 g/mol. The second-order valence-corrected chi connectivity index (χ2v) is 10.5. The highest BCUT2D eigenvalue weighted by atomic mass is 16.4. The number of nitrogens with one attached hydrogen (secondary N) is 2. The average molecular weight is 589 g/mol. The first-order chi connectivity index (χ1) is 20.2. The van der Waals surface area contributed by atoms with E-state index in [2.05, 4.69) is 71.3 Å². The van der Waals surface area contributed by atoms with Crippen LogP contribution in [0.3, 0.4) is 0 Å². The molecule has 0 aromatic heterocycles. The highest BCUT2D eigenvalue weighted by molar-refractivity contribution is 5.71. The van der Waals surface area contributed by atoms with Crippen LogP contribution in [0, 0.1) is 0 Å². The quantitative estimate of drug-likeness (QED) is 0.106. The minimum Gasteiger partial charge on any atom is -0.479 e. The van der Waals surface area contributed by atoms with Crippen LogP contribution in [0.15, 0.2) is 60.7 Å². The lowest BCUT2D eigenvalue weighted by Gasteiger charge is -2.06. The molecule has 2 aromatic rings. The van der Waals surface area contributed by atoms with Crippen LogP contribution in [0.25, 0.3) is 0 Å². The van der Waals surface area contributed by atoms with Crippen LogP contribution in [0.4, 0.5) is 0 Å². The SMILES string of the molecule is CC(O)C(=O)O.CC(O)C(=O)O.c1ccc(CCCNCCCCCCCCCCNCCCc2ccccc2)cc1. The van der Waals surface area contributed by atoms with Crippen LogP contribution >= 0.6 is 0 Å². The Morgan fingerprint density at radius 1 is 0.524 bits per heavy atom. The van der Waals surface area contributed by atoms with Crippen molar-refractivity contribution in [3.8, 4) is 0 Å². The zero-order chi connectivity index (χ0) is 31.3. The molecular weight excluding hydrogens is 532 g/mol. The number of carboxylic acid groups (broad SMARTS) is 2. The number of benzene rings is 2. The molecule has 0 aliphatic rings. The Labute approximate surface area is 253 Å². The summed E-state index contributed by atoms with van der Waals surface area (Å²) in [5.41, 5.74) is 2.91. The number of aliphatic hydroxyl groups is 2. The van der Waals surface area contributed by atoms with E-state index < -0.39 is 24.1 Å². The summed E-state index contributed by atoms with van der Waals surface area (Å²) < 4.78 is 0. The van der Waals surface area contributed by atoms with Crippen molar-refractivity contribution in [1.29, 1.82) is 0 Å². The fourth-order valence-corrected chi connectivity index (χ4v) is 3.94. The molecule has 0 radical (unpaired) electrons. The smallest absolute Gasteiger partial charge is 0.332 e. The summed E-state index contributed by atoms with van der Waals surface area (Å²) in [7, 11) is 0. The maximum absolute atomic E-state index is 9.45. The van der Waals surface area contributed by atoms with Crippen molar-refractivity contribution in [2.45, 2.75) is 103 Å². The van der Waals surface area contributed by atoms with E-state index in [1.54, 1.807) is 0 Å². The lowest BCUT2D eigenvalue weighted by molar-refractivity contribution is -0.146. The van der Waals surface area contributed by atoms with Gasteiger partial charge in [-0.05, 0) is 89.7 Å². The zero-order valence-corrected chi connectivity index (χ0v) is 25.8. The van der Waals surface area contributed by atoms with Crippen LogP contribution in [0.2, 0.25) is 0 Å². The summed E-state index contributed by atoms with van der Waals surface area (Å²) in [6, 6.07) is 21.6. The Morgan fingerprint density at radius 2 is 0.786 bits per heavy atom. The van der Waals surface area contributed by atoms with Crippen molar-refractivity contribution >= 4 is 11.9 Å². The molecule has 0 saturated heterocycles. The minimum atomic E-state index is -1.23. The van der Waals surface area contributed by atoms with Gasteiger partial charge in [0.2, 0.25) is 0 Å². The van der Waals surface area contributed by atoms with Crippen molar-refractivity contribution in [3.63, 3.8) is 0 Å². The van der Waals surface area contributed by atoms with Gasteiger partial charge in [-0.1, -0.05) is 99.2 Å². The highest BCUT2D eigenvalue weighted by Crippen LogP contribution is 2.08. The largest absolute Gasteiger partial charge is 0.479 e. The average Bonchev–Trinajstić information content (AvgIpc) is 2.98. The number of aryl methyl sites for hydroxylation is 2. The van der Waals surface area contributed by atoms with Gasteiger partial charge in [0.25, 0.3) is 0 Å². The molecule has 8 heteroatoms. The molecule has 238 valence electrons. The third-order valence-electron chi connectivity index (χ3n) is 6.50. The fourth-order valence-electron chi connectivity index (χ4n) is 3.94. The number of rotatable bonds is 21. The topological polar surface area (TPSA) is 139 Å². The number of unbranched alkanes of at least 4 members (excludes halogenated alkanes) is 7. The third kappa shape index (κ3) is 27.4. The molecule has 2 aromatic carbocycles. The molecule has 2 rings (SSSR count). The molecule has 0 bridgehead atoms. The van der Waals surface area contributed by atoms with Gasteiger partial charge in [0.15, 0.2) is 0 Å². The van der Waals surface area contributed by atoms with Crippen LogP contribution < -0.4 is 10.6 Å². The van der Waals surface area contributed by atoms with Gasteiger partial charge >= 0.3 is 11.9 Å². The molecule has 2 atom stereocenters. The number of hydrogen-bond acceptors (Lipinski definition) is 6. The van der Waals surface area contributed by atoms with E-state index in [9.17, 15) is 9.59 Å². The van der Waals surface area contributed by atoms with Crippen LogP contribution in [0.1, 0.15) is 89.2 Å². The van der Waals surface area contributed by atoms with E-state index in [0.29, 0.717) is 0 Å². The summed E-state index contributed by atoms with van der Waals surface area (Å²) >= 11 is 0. The summed E-state index contributed by atoms with van der Waals surface area (Å²) in [6.45, 7) is 7.06. The molecule has 0 amide bonds. The molecule has 2 unspecified atom stereocenters. The number of carboxylic acids is 2. The van der Waals surface area contributed by atoms with Crippen LogP contribution in [0.5, 0.6) is 0 Å². The van der Waals surface area contributed by atoms with Gasteiger partial charge in [-0.15, -0.1) is 0 Å². The van der Waals surface area contributed by atoms with E-state index in [1.165, 1.54) is 115 Å². The maximum atomic E-state index is 9.45. The van der Waals surface area contributed by atoms with Crippen molar-refractivity contribution in [2.75, 3.05) is 26.2 Å². The molecule has 0 aliphatic heterocycles. The molecule has 0 saturated carbocycles. The van der Waals surface area contributed by atoms with E-state index >= 15 is 0 Å². The molecule has 0 spiro atoms. The van der Waals surface area contributed by atoms with Gasteiger partial charge in [0.1, 0.15) is 12.2 Å². The van der Waals surface area contributed by atoms with E-state index in [1.807, 2.05) is 0 Å². The Hall–Kier alpha value is -2.78. The second kappa shape index (κ2) is 28.3. The van der Waals surface area contributed by atoms with Crippen LogP contribution in [-0.4, -0.2) is 70.8 Å². The Balaban J connectivity index is 0.00000117. The maximum Gasteiger partial charge on any atom is 0.332 e. The molecule has 42 heavy (non-hydrogen) atoms. The Bertz CT molecular complexity index is 805. The van der Waals surface area contributed by atoms with Gasteiger partial charge in [-0.3, -0.25) is 0 Å². The first-order valence-electron chi connectivity index (χ1n) is 15.5. The number of aliphatic carboxylic acids is 2. The standard InChI is InChI=1S/C28H44N2.2C3H6O3/c1(3-5-13-23-29-25-15-21-27-17-9-7-10-18-27)2-4-6-14-24-30-26-16-22-28-19-11-8-12-20-28;2*1-2(4)3(5)6/h7-12,17-20,29-30H,1-6,13-16,21-26H2;2*2,4H,1H3,(H,5,6). The predicted octanol–water partition coefficient (Wildman–Crippen LogP) is 5.46. The van der Waals surface area contributed by atoms with Gasteiger partial charge in [0, 0.05) is 0 Å². The second-order valence-electron chi connectivity index (χ2n) is 10.5. The van der Waals surface area contributed by atoms with Crippen molar-refractivity contribution in [2.24, 2.45) is 0 Å². The summed E-state index contributed by atoms with van der Waals surface area (Å²) in [4.78, 5) is 18.9. The number of carbonyl (C=O) groups is 2. The number of hydrogen-bond donors (Lipinski definition) is 6. The number of aliphatic hydroxyl groups excluding tert-OH is 2. The van der Waals surface area contributed by atoms with Crippen LogP contribution in [-0.2, 0) is 22.4 Å². The summed E-state index contributed by atoms with van der Waals surface area (Å²) in [6.07, 6.45) is 13.5. The zero-order valence-electron chi connectivity index (χ0n) is 25.8. The van der Waals surface area contributed by atoms with Gasteiger partial charge in [0.05, 0.1) is 0 Å². The normalized spacial score (nSPS) is 11.8. The summed E-state index contributed by atoms with van der Waals surface area (Å²) in [5.74, 6) is -2.37. The van der Waals surface area contributed by atoms with Gasteiger partial charge < -0.3 is 31.1 Å². The molecule has 8 nitrogen and oxygen atoms in total. The van der Waals surface area contributed by atoms with Crippen molar-refractivity contribution in [1.82, 2.24) is 10.6 Å². The summed E-state index contributed by atoms with van der Waals surface area (Å²) in [5, 5.41) is 38.7. The van der Waals surface area contributed by atoms with E-state index in [4.69, 9.17) is 20.4 Å². The lowest BCUT2D eigenvalue weighted by atomic mass is 10.1. The first-order valence-corrected chi connectivity index (χ1v) is 15.5. The molecule has 0 aliphatic carbocycles. The Morgan fingerprint density at radius 3 is 1.07 bits per heavy atom. The lowest BCUT2D eigenvalue weighted by Crippen LogP contribution is -2.17. The van der Waals surface area contributed by atoms with Crippen molar-refractivity contribution < 1.29 is 30.0 Å². The fraction of sp³-hybridized carbons (Fsp3) is 0.588. The minimum absolute atomic E-state index is 1.15. The molecule has 0 fully saturated rings. The molecular formula is C34H56N2O6. The molecule has 6 N–H and O–H groups in total. The highest BCUT2D eigenvalue weighted by Gasteiger charge is 2.02. The van der Waals surface area contributed by atoms with E-state index in [0.717, 1.165) is 13.1 Å².